The number of nitrogens with zero attached hydrogens (tertiary/aromatic N) is 1. The van der Waals surface area contributed by atoms with E-state index in [2.05, 4.69) is 5.32 Å². The average Bonchev–Trinajstić information content (AvgIpc) is 2.96. The molecule has 1 heterocycles. The molecule has 1 fully saturated rings. The molecule has 0 aromatic heterocycles. The summed E-state index contributed by atoms with van der Waals surface area (Å²) in [6.45, 7) is 7.71. The molecule has 2 atom stereocenters. The lowest BCUT2D eigenvalue weighted by Gasteiger charge is -2.29. The van der Waals surface area contributed by atoms with Gasteiger partial charge >= 0.3 is 5.97 Å². The summed E-state index contributed by atoms with van der Waals surface area (Å²) in [7, 11) is -1.22. The molecule has 132 valence electrons. The molecule has 24 heavy (non-hydrogen) atoms. The zero-order chi connectivity index (χ0) is 17.9. The molecule has 1 aliphatic rings. The number of hydrogen-bond donors (Lipinski definition) is 1. The molecule has 6 nitrogen and oxygen atoms in total. The van der Waals surface area contributed by atoms with Gasteiger partial charge < -0.3 is 10.1 Å². The summed E-state index contributed by atoms with van der Waals surface area (Å²) < 4.78 is 18.9. The van der Waals surface area contributed by atoms with Crippen molar-refractivity contribution in [1.82, 2.24) is 4.31 Å². The molecule has 0 bridgehead atoms. The van der Waals surface area contributed by atoms with Gasteiger partial charge in [0.1, 0.15) is 22.8 Å². The van der Waals surface area contributed by atoms with Crippen molar-refractivity contribution in [3.63, 3.8) is 0 Å². The molecular formula is C17H24N2O4S. The predicted octanol–water partition coefficient (Wildman–Crippen LogP) is 2.48. The molecule has 0 saturated carbocycles. The van der Waals surface area contributed by atoms with Crippen LogP contribution in [0.3, 0.4) is 0 Å². The van der Waals surface area contributed by atoms with Crippen molar-refractivity contribution in [1.29, 1.82) is 0 Å². The van der Waals surface area contributed by atoms with Crippen LogP contribution in [0.1, 0.15) is 40.5 Å². The van der Waals surface area contributed by atoms with E-state index in [1.54, 1.807) is 28.6 Å². The molecule has 1 aromatic rings. The summed E-state index contributed by atoms with van der Waals surface area (Å²) in [5, 5.41) is 2.85. The fraction of sp³-hybridized carbons (Fsp3) is 0.529. The number of rotatable bonds is 4. The highest BCUT2D eigenvalue weighted by molar-refractivity contribution is 7.84. The summed E-state index contributed by atoms with van der Waals surface area (Å²) in [6.07, 6.45) is 1.55. The van der Waals surface area contributed by atoms with Crippen LogP contribution in [0, 0.1) is 0 Å². The monoisotopic (exact) mass is 352 g/mol. The summed E-state index contributed by atoms with van der Waals surface area (Å²) in [5.41, 5.74) is 0.615. The van der Waals surface area contributed by atoms with Gasteiger partial charge in [-0.05, 0) is 57.9 Å². The largest absolute Gasteiger partial charge is 0.427 e. The minimum Gasteiger partial charge on any atom is -0.427 e. The number of esters is 1. The fourth-order valence-electron chi connectivity index (χ4n) is 2.55. The van der Waals surface area contributed by atoms with Gasteiger partial charge in [-0.15, -0.1) is 0 Å². The fourth-order valence-corrected chi connectivity index (χ4v) is 3.98. The molecule has 2 rings (SSSR count). The van der Waals surface area contributed by atoms with E-state index in [-0.39, 0.29) is 5.91 Å². The molecule has 7 heteroatoms. The SMILES string of the molecule is CC(=O)Oc1ccc(NC(=O)C2CCCN2S(=O)C(C)(C)C)cc1. The second kappa shape index (κ2) is 7.44. The number of ether oxygens (including phenoxy) is 1. The van der Waals surface area contributed by atoms with Crippen LogP contribution in [0.4, 0.5) is 5.69 Å². The molecule has 0 radical (unpaired) electrons. The van der Waals surface area contributed by atoms with E-state index in [1.807, 2.05) is 20.8 Å². The standard InChI is InChI=1S/C17H24N2O4S/c1-12(20)23-14-9-7-13(8-10-14)18-16(21)15-6-5-11-19(15)24(22)17(2,3)4/h7-10,15H,5-6,11H2,1-4H3,(H,18,21). The van der Waals surface area contributed by atoms with Crippen LogP contribution in [-0.2, 0) is 20.6 Å². The van der Waals surface area contributed by atoms with Crippen LogP contribution in [0.5, 0.6) is 5.75 Å². The molecule has 1 aliphatic heterocycles. The van der Waals surface area contributed by atoms with Crippen LogP contribution in [-0.4, -0.2) is 37.7 Å². The second-order valence-corrected chi connectivity index (χ2v) is 8.96. The van der Waals surface area contributed by atoms with Crippen molar-refractivity contribution >= 4 is 28.5 Å². The van der Waals surface area contributed by atoms with Gasteiger partial charge in [0.15, 0.2) is 0 Å². The highest BCUT2D eigenvalue weighted by atomic mass is 32.2. The summed E-state index contributed by atoms with van der Waals surface area (Å²) in [6, 6.07) is 6.21. The van der Waals surface area contributed by atoms with E-state index >= 15 is 0 Å². The average molecular weight is 352 g/mol. The highest BCUT2D eigenvalue weighted by Gasteiger charge is 2.38. The van der Waals surface area contributed by atoms with E-state index in [0.717, 1.165) is 6.42 Å². The predicted molar refractivity (Wildman–Crippen MR) is 94.0 cm³/mol. The van der Waals surface area contributed by atoms with E-state index in [0.29, 0.717) is 24.4 Å². The zero-order valence-electron chi connectivity index (χ0n) is 14.5. The number of carbonyl (C=O) groups is 2. The lowest BCUT2D eigenvalue weighted by Crippen LogP contribution is -2.45. The van der Waals surface area contributed by atoms with E-state index in [1.165, 1.54) is 6.92 Å². The van der Waals surface area contributed by atoms with Crippen LogP contribution in [0.15, 0.2) is 24.3 Å². The Morgan fingerprint density at radius 3 is 2.42 bits per heavy atom. The number of hydrogen-bond acceptors (Lipinski definition) is 4. The number of carbonyl (C=O) groups excluding carboxylic acids is 2. The van der Waals surface area contributed by atoms with Crippen molar-refractivity contribution in [3.05, 3.63) is 24.3 Å². The normalized spacial score (nSPS) is 19.8. The Bertz CT molecular complexity index is 637. The molecule has 1 N–H and O–H groups in total. The third-order valence-corrected chi connectivity index (χ3v) is 5.54. The van der Waals surface area contributed by atoms with Gasteiger partial charge in [-0.25, -0.2) is 8.51 Å². The van der Waals surface area contributed by atoms with Gasteiger partial charge in [0.2, 0.25) is 5.91 Å². The molecule has 1 amide bonds. The topological polar surface area (TPSA) is 75.7 Å². The number of nitrogens with one attached hydrogen (secondary N) is 1. The van der Waals surface area contributed by atoms with Crippen molar-refractivity contribution in [2.24, 2.45) is 0 Å². The minimum absolute atomic E-state index is 0.162. The van der Waals surface area contributed by atoms with E-state index in [9.17, 15) is 13.8 Å². The summed E-state index contributed by atoms with van der Waals surface area (Å²) >= 11 is 0. The number of benzene rings is 1. The lowest BCUT2D eigenvalue weighted by atomic mass is 10.2. The molecule has 0 aliphatic carbocycles. The first-order valence-electron chi connectivity index (χ1n) is 7.96. The molecule has 1 saturated heterocycles. The van der Waals surface area contributed by atoms with Gasteiger partial charge in [0.05, 0.1) is 4.75 Å². The molecule has 1 aromatic carbocycles. The Morgan fingerprint density at radius 2 is 1.88 bits per heavy atom. The quantitative estimate of drug-likeness (QED) is 0.667. The molecular weight excluding hydrogens is 328 g/mol. The van der Waals surface area contributed by atoms with Crippen LogP contribution < -0.4 is 10.1 Å². The first-order valence-corrected chi connectivity index (χ1v) is 9.07. The van der Waals surface area contributed by atoms with Crippen molar-refractivity contribution in [2.75, 3.05) is 11.9 Å². The smallest absolute Gasteiger partial charge is 0.308 e. The van der Waals surface area contributed by atoms with Gasteiger partial charge in [-0.3, -0.25) is 9.59 Å². The van der Waals surface area contributed by atoms with Crippen molar-refractivity contribution in [3.8, 4) is 5.75 Å². The Hall–Kier alpha value is -1.73. The van der Waals surface area contributed by atoms with Crippen molar-refractivity contribution in [2.45, 2.75) is 51.3 Å². The third kappa shape index (κ3) is 4.64. The lowest BCUT2D eigenvalue weighted by molar-refractivity contribution is -0.131. The Labute approximate surface area is 145 Å². The van der Waals surface area contributed by atoms with Crippen molar-refractivity contribution < 1.29 is 18.5 Å². The van der Waals surface area contributed by atoms with E-state index in [4.69, 9.17) is 4.74 Å². The number of anilines is 1. The van der Waals surface area contributed by atoms with Gasteiger partial charge in [0, 0.05) is 19.2 Å². The van der Waals surface area contributed by atoms with E-state index < -0.39 is 27.7 Å². The maximum atomic E-state index is 12.6. The summed E-state index contributed by atoms with van der Waals surface area (Å²) in [5.74, 6) is -0.125. The Balaban J connectivity index is 2.03. The van der Waals surface area contributed by atoms with Crippen LogP contribution in [0.25, 0.3) is 0 Å². The third-order valence-electron chi connectivity index (χ3n) is 3.63. The van der Waals surface area contributed by atoms with Crippen LogP contribution >= 0.6 is 0 Å². The van der Waals surface area contributed by atoms with Gasteiger partial charge in [-0.1, -0.05) is 0 Å². The maximum absolute atomic E-state index is 12.6. The molecule has 2 unspecified atom stereocenters. The first-order chi connectivity index (χ1) is 11.2. The first kappa shape index (κ1) is 18.6. The van der Waals surface area contributed by atoms with Crippen LogP contribution in [0.2, 0.25) is 0 Å². The Kier molecular flexibility index (Phi) is 5.77. The van der Waals surface area contributed by atoms with Gasteiger partial charge in [0.25, 0.3) is 0 Å². The minimum atomic E-state index is -1.22. The second-order valence-electron chi connectivity index (χ2n) is 6.77. The van der Waals surface area contributed by atoms with Gasteiger partial charge in [-0.2, -0.15) is 0 Å². The number of amides is 1. The highest BCUT2D eigenvalue weighted by Crippen LogP contribution is 2.26. The zero-order valence-corrected chi connectivity index (χ0v) is 15.3. The molecule has 0 spiro atoms. The Morgan fingerprint density at radius 1 is 1.25 bits per heavy atom. The maximum Gasteiger partial charge on any atom is 0.308 e. The summed E-state index contributed by atoms with van der Waals surface area (Å²) in [4.78, 5) is 23.5.